The van der Waals surface area contributed by atoms with E-state index in [1.165, 1.54) is 16.3 Å². The molecule has 64 heavy (non-hydrogen) atoms. The molecule has 3 fully saturated rings. The third-order valence-corrected chi connectivity index (χ3v) is 15.1. The summed E-state index contributed by atoms with van der Waals surface area (Å²) in [4.78, 5) is 57.3. The van der Waals surface area contributed by atoms with E-state index in [1.54, 1.807) is 7.11 Å². The highest BCUT2D eigenvalue weighted by Gasteiger charge is 2.50. The molecule has 0 unspecified atom stereocenters. The molecule has 6 bridgehead atoms. The monoisotopic (exact) mass is 896 g/mol. The number of amides is 2. The van der Waals surface area contributed by atoms with Crippen molar-refractivity contribution < 1.29 is 28.6 Å². The highest BCUT2D eigenvalue weighted by Crippen LogP contribution is 2.46. The third-order valence-electron chi connectivity index (χ3n) is 14.1. The largest absolute Gasteiger partial charge is 0.464 e. The standard InChI is InChI=1S/C49H68N8O6S/c1-28(2)62-21-20-56-40-14-13-33-22-35(40)37(44(56)36-23-34(25-50-43(36)32(6)61-10)55-18-16-54(9)17-19-55)24-49(7,8)27-63-48(60)38-12-11-15-57(53-38)47(59)42(31(5)46-51-39(33)26-64-46)52-45(58)41-29(3)30(41)4/h13-14,22-23,25-26,28-32,38,41-42,53H,11-12,15-21,24,27H2,1-10H3,(H,52,58)/t29-,30+,31-,32-,38-,41+,42-/m0/s1. The van der Waals surface area contributed by atoms with Gasteiger partial charge < -0.3 is 33.9 Å². The number of cyclic esters (lactones) is 1. The summed E-state index contributed by atoms with van der Waals surface area (Å²) in [6.07, 6.45) is 3.47. The molecule has 4 aliphatic rings. The van der Waals surface area contributed by atoms with Gasteiger partial charge in [-0.1, -0.05) is 40.7 Å². The third kappa shape index (κ3) is 9.46. The van der Waals surface area contributed by atoms with Gasteiger partial charge in [0.1, 0.15) is 12.1 Å². The van der Waals surface area contributed by atoms with Crippen LogP contribution in [0.2, 0.25) is 0 Å². The van der Waals surface area contributed by atoms with E-state index in [9.17, 15) is 14.4 Å². The smallest absolute Gasteiger partial charge is 0.324 e. The first-order chi connectivity index (χ1) is 30.5. The van der Waals surface area contributed by atoms with Crippen LogP contribution in [0, 0.1) is 23.2 Å². The Morgan fingerprint density at radius 2 is 1.81 bits per heavy atom. The van der Waals surface area contributed by atoms with Gasteiger partial charge in [-0.15, -0.1) is 11.3 Å². The summed E-state index contributed by atoms with van der Waals surface area (Å²) in [7, 11) is 3.89. The Hall–Kier alpha value is -4.41. The summed E-state index contributed by atoms with van der Waals surface area (Å²) in [5.74, 6) is -0.899. The average molecular weight is 897 g/mol. The Kier molecular flexibility index (Phi) is 13.6. The molecule has 1 saturated carbocycles. The lowest BCUT2D eigenvalue weighted by Gasteiger charge is -2.36. The number of hydrogen-bond acceptors (Lipinski definition) is 12. The number of aromatic nitrogens is 3. The number of carbonyl (C=O) groups is 3. The molecule has 15 heteroatoms. The van der Waals surface area contributed by atoms with E-state index in [1.807, 2.05) is 20.0 Å². The fraction of sp³-hybridized carbons (Fsp3) is 0.612. The molecule has 2 N–H and O–H groups in total. The summed E-state index contributed by atoms with van der Waals surface area (Å²) >= 11 is 1.49. The molecular formula is C49H68N8O6S. The lowest BCUT2D eigenvalue weighted by molar-refractivity contribution is -0.155. The zero-order valence-corrected chi connectivity index (χ0v) is 40.2. The number of methoxy groups -OCH3 is 1. The van der Waals surface area contributed by atoms with E-state index in [-0.39, 0.29) is 48.4 Å². The number of hydrogen-bond donors (Lipinski definition) is 2. The first-order valence-corrected chi connectivity index (χ1v) is 24.2. The van der Waals surface area contributed by atoms with E-state index in [2.05, 4.69) is 103 Å². The van der Waals surface area contributed by atoms with Crippen LogP contribution in [-0.4, -0.2) is 121 Å². The zero-order valence-electron chi connectivity index (χ0n) is 39.4. The van der Waals surface area contributed by atoms with Crippen LogP contribution in [-0.2, 0) is 41.6 Å². The molecular weight excluding hydrogens is 829 g/mol. The first-order valence-electron chi connectivity index (χ1n) is 23.3. The Labute approximate surface area is 382 Å². The van der Waals surface area contributed by atoms with Gasteiger partial charge in [0, 0.05) is 91.0 Å². The molecule has 4 aromatic rings. The maximum atomic E-state index is 14.5. The zero-order chi connectivity index (χ0) is 45.6. The van der Waals surface area contributed by atoms with Gasteiger partial charge in [-0.05, 0) is 82.7 Å². The maximum absolute atomic E-state index is 14.5. The maximum Gasteiger partial charge on any atom is 0.324 e. The van der Waals surface area contributed by atoms with Crippen LogP contribution < -0.4 is 15.6 Å². The second-order valence-corrected chi connectivity index (χ2v) is 20.7. The first kappa shape index (κ1) is 46.1. The van der Waals surface area contributed by atoms with Crippen molar-refractivity contribution in [1.29, 1.82) is 0 Å². The van der Waals surface area contributed by atoms with E-state index >= 15 is 0 Å². The Bertz CT molecular complexity index is 2340. The van der Waals surface area contributed by atoms with Crippen molar-refractivity contribution in [2.24, 2.45) is 23.2 Å². The number of ether oxygens (including phenoxy) is 3. The highest BCUT2D eigenvalue weighted by atomic mass is 32.1. The Morgan fingerprint density at radius 1 is 1.06 bits per heavy atom. The molecule has 3 aliphatic heterocycles. The van der Waals surface area contributed by atoms with Crippen LogP contribution in [0.3, 0.4) is 0 Å². The molecule has 0 radical (unpaired) electrons. The second kappa shape index (κ2) is 18.8. The normalized spacial score (nSPS) is 25.9. The van der Waals surface area contributed by atoms with E-state index in [0.29, 0.717) is 39.0 Å². The van der Waals surface area contributed by atoms with Crippen molar-refractivity contribution in [3.8, 4) is 22.5 Å². The number of carbonyl (C=O) groups excluding carboxylic acids is 3. The fourth-order valence-electron chi connectivity index (χ4n) is 9.75. The Morgan fingerprint density at radius 3 is 2.52 bits per heavy atom. The minimum Gasteiger partial charge on any atom is -0.464 e. The minimum absolute atomic E-state index is 0.0586. The number of hydrazine groups is 1. The van der Waals surface area contributed by atoms with E-state index < -0.39 is 29.4 Å². The Balaban J connectivity index is 1.30. The second-order valence-electron chi connectivity index (χ2n) is 19.8. The van der Waals surface area contributed by atoms with Crippen molar-refractivity contribution in [2.75, 3.05) is 65.0 Å². The van der Waals surface area contributed by atoms with E-state index in [0.717, 1.165) is 81.5 Å². The van der Waals surface area contributed by atoms with Crippen LogP contribution in [0.4, 0.5) is 5.69 Å². The fourth-order valence-corrected chi connectivity index (χ4v) is 10.7. The summed E-state index contributed by atoms with van der Waals surface area (Å²) in [6, 6.07) is 7.24. The van der Waals surface area contributed by atoms with Crippen molar-refractivity contribution in [1.82, 2.24) is 35.2 Å². The van der Waals surface area contributed by atoms with Crippen molar-refractivity contribution in [3.63, 3.8) is 0 Å². The number of esters is 1. The number of thiazole rings is 1. The number of rotatable bonds is 10. The van der Waals surface area contributed by atoms with Crippen molar-refractivity contribution in [2.45, 2.75) is 111 Å². The van der Waals surface area contributed by atoms with Gasteiger partial charge in [-0.25, -0.2) is 10.4 Å². The molecule has 346 valence electrons. The van der Waals surface area contributed by atoms with Crippen molar-refractivity contribution >= 4 is 45.7 Å². The summed E-state index contributed by atoms with van der Waals surface area (Å²) in [5.41, 5.74) is 10.6. The lowest BCUT2D eigenvalue weighted by atomic mass is 9.84. The number of benzene rings is 1. The van der Waals surface area contributed by atoms with Gasteiger partial charge in [-0.2, -0.15) is 0 Å². The molecule has 7 atom stereocenters. The molecule has 2 amide bonds. The van der Waals surface area contributed by atoms with Crippen molar-refractivity contribution in [3.05, 3.63) is 52.1 Å². The van der Waals surface area contributed by atoms with Crippen LogP contribution in [0.25, 0.3) is 33.4 Å². The summed E-state index contributed by atoms with van der Waals surface area (Å²) in [6.45, 7) is 21.9. The number of anilines is 1. The summed E-state index contributed by atoms with van der Waals surface area (Å²) < 4.78 is 20.9. The minimum atomic E-state index is -0.885. The summed E-state index contributed by atoms with van der Waals surface area (Å²) in [5, 5.41) is 8.53. The molecule has 6 heterocycles. The van der Waals surface area contributed by atoms with Gasteiger partial charge in [0.15, 0.2) is 0 Å². The quantitative estimate of drug-likeness (QED) is 0.162. The van der Waals surface area contributed by atoms with E-state index in [4.69, 9.17) is 24.2 Å². The molecule has 0 spiro atoms. The van der Waals surface area contributed by atoms with Crippen LogP contribution in [0.15, 0.2) is 35.8 Å². The van der Waals surface area contributed by atoms with Crippen LogP contribution in [0.5, 0.6) is 0 Å². The number of pyridine rings is 1. The highest BCUT2D eigenvalue weighted by molar-refractivity contribution is 7.10. The molecule has 8 rings (SSSR count). The lowest BCUT2D eigenvalue weighted by Crippen LogP contribution is -2.61. The van der Waals surface area contributed by atoms with Crippen LogP contribution in [0.1, 0.15) is 96.5 Å². The van der Waals surface area contributed by atoms with Gasteiger partial charge in [0.05, 0.1) is 59.4 Å². The number of fused-ring (bicyclic) bond motifs is 6. The van der Waals surface area contributed by atoms with Gasteiger partial charge in [-0.3, -0.25) is 24.4 Å². The molecule has 1 aromatic carbocycles. The molecule has 1 aliphatic carbocycles. The molecule has 2 saturated heterocycles. The van der Waals surface area contributed by atoms with Gasteiger partial charge in [0.25, 0.3) is 5.91 Å². The predicted molar refractivity (Wildman–Crippen MR) is 251 cm³/mol. The number of piperazine rings is 1. The molecule has 14 nitrogen and oxygen atoms in total. The van der Waals surface area contributed by atoms with Gasteiger partial charge >= 0.3 is 5.97 Å². The topological polar surface area (TPSA) is 143 Å². The predicted octanol–water partition coefficient (Wildman–Crippen LogP) is 6.82. The average Bonchev–Trinajstić information content (AvgIpc) is 3.56. The number of nitrogens with one attached hydrogen (secondary N) is 2. The number of likely N-dealkylation sites (N-methyl/N-ethyl adjacent to an activating group) is 1. The number of nitrogens with zero attached hydrogens (tertiary/aromatic N) is 6. The van der Waals surface area contributed by atoms with Crippen LogP contribution >= 0.6 is 11.3 Å². The molecule has 3 aromatic heterocycles. The SMILES string of the molecule is CO[C@@H](C)c1ncc(N2CCN(C)CC2)cc1-c1c2c3cc(ccc3n1CCOC(C)C)-c1csc(n1)[C@@H](C)[C@H](NC(=O)[C@H]1[C@H](C)[C@@H]1C)C(=O)N1CCC[C@H](N1)C(=O)OCC(C)(C)C2. The van der Waals surface area contributed by atoms with Gasteiger partial charge in [0.2, 0.25) is 5.91 Å².